The van der Waals surface area contributed by atoms with Crippen molar-refractivity contribution in [1.82, 2.24) is 9.97 Å². The second-order valence-electron chi connectivity index (χ2n) is 4.92. The lowest BCUT2D eigenvalue weighted by molar-refractivity contribution is -0.182. The Labute approximate surface area is 137 Å². The average molecular weight is 329 g/mol. The Morgan fingerprint density at radius 1 is 1.35 bits per heavy atom. The van der Waals surface area contributed by atoms with Gasteiger partial charge in [0.2, 0.25) is 0 Å². The largest absolute Gasteiger partial charge is 0.348 e. The lowest BCUT2D eigenvalue weighted by atomic mass is 10.0. The van der Waals surface area contributed by atoms with Crippen molar-refractivity contribution in [1.29, 1.82) is 5.26 Å². The van der Waals surface area contributed by atoms with Gasteiger partial charge in [-0.15, -0.1) is 0 Å². The second kappa shape index (κ2) is 6.96. The highest BCUT2D eigenvalue weighted by Crippen LogP contribution is 2.32. The van der Waals surface area contributed by atoms with Gasteiger partial charge < -0.3 is 14.5 Å². The number of nitrogens with zero attached hydrogens (tertiary/aromatic N) is 2. The number of rotatable bonds is 3. The molecule has 0 atom stereocenters. The van der Waals surface area contributed by atoms with Crippen LogP contribution in [0.2, 0.25) is 0 Å². The Balaban J connectivity index is 2.18. The maximum atomic E-state index is 12.1. The summed E-state index contributed by atoms with van der Waals surface area (Å²) in [6.07, 6.45) is 2.15. The number of thioether (sulfide) groups is 1. The predicted molar refractivity (Wildman–Crippen MR) is 86.1 cm³/mol. The number of aromatic nitrogens is 2. The van der Waals surface area contributed by atoms with Crippen LogP contribution in [0.5, 0.6) is 0 Å². The molecule has 0 bridgehead atoms. The highest BCUT2D eigenvalue weighted by atomic mass is 32.2. The number of ether oxygens (including phenoxy) is 2. The van der Waals surface area contributed by atoms with Gasteiger partial charge in [-0.25, -0.2) is 4.98 Å². The third-order valence-electron chi connectivity index (χ3n) is 3.50. The van der Waals surface area contributed by atoms with E-state index in [1.807, 2.05) is 36.6 Å². The summed E-state index contributed by atoms with van der Waals surface area (Å²) >= 11 is 1.31. The number of benzene rings is 1. The highest BCUT2D eigenvalue weighted by Gasteiger charge is 2.23. The number of H-pyrrole nitrogens is 1. The quantitative estimate of drug-likeness (QED) is 0.687. The van der Waals surface area contributed by atoms with Gasteiger partial charge in [-0.05, 0) is 12.7 Å². The Hall–Kier alpha value is -2.14. The molecule has 0 saturated carbocycles. The van der Waals surface area contributed by atoms with Crippen LogP contribution in [0.15, 0.2) is 34.2 Å². The first-order chi connectivity index (χ1) is 11.2. The maximum absolute atomic E-state index is 12.1. The lowest BCUT2D eigenvalue weighted by Crippen LogP contribution is -2.19. The minimum atomic E-state index is -0.509. The first-order valence-corrected chi connectivity index (χ1v) is 8.38. The fraction of sp³-hybridized carbons (Fsp3) is 0.312. The van der Waals surface area contributed by atoms with Crippen molar-refractivity contribution in [2.45, 2.75) is 17.9 Å². The van der Waals surface area contributed by atoms with Crippen LogP contribution in [0, 0.1) is 11.3 Å². The highest BCUT2D eigenvalue weighted by molar-refractivity contribution is 7.98. The number of nitriles is 1. The minimum Gasteiger partial charge on any atom is -0.348 e. The van der Waals surface area contributed by atoms with Crippen LogP contribution in [-0.4, -0.2) is 29.4 Å². The Morgan fingerprint density at radius 3 is 2.78 bits per heavy atom. The van der Waals surface area contributed by atoms with E-state index in [0.717, 1.165) is 12.0 Å². The smallest absolute Gasteiger partial charge is 0.270 e. The van der Waals surface area contributed by atoms with E-state index in [4.69, 9.17) is 9.47 Å². The summed E-state index contributed by atoms with van der Waals surface area (Å²) < 4.78 is 11.3. The molecule has 2 aromatic rings. The van der Waals surface area contributed by atoms with Crippen molar-refractivity contribution >= 4 is 11.8 Å². The predicted octanol–water partition coefficient (Wildman–Crippen LogP) is 2.47. The molecule has 1 saturated heterocycles. The molecule has 1 fully saturated rings. The van der Waals surface area contributed by atoms with Gasteiger partial charge in [0, 0.05) is 11.1 Å². The first-order valence-electron chi connectivity index (χ1n) is 7.15. The normalized spacial score (nSPS) is 15.3. The molecule has 6 nitrogen and oxygen atoms in total. The first kappa shape index (κ1) is 15.7. The van der Waals surface area contributed by atoms with E-state index in [1.54, 1.807) is 0 Å². The van der Waals surface area contributed by atoms with E-state index in [2.05, 4.69) is 9.97 Å². The van der Waals surface area contributed by atoms with Gasteiger partial charge in [-0.3, -0.25) is 4.79 Å². The topological polar surface area (TPSA) is 88.0 Å². The average Bonchev–Trinajstić information content (AvgIpc) is 2.61. The Bertz CT molecular complexity index is 807. The van der Waals surface area contributed by atoms with E-state index in [9.17, 15) is 10.1 Å². The third kappa shape index (κ3) is 3.15. The van der Waals surface area contributed by atoms with Crippen LogP contribution in [0.1, 0.15) is 23.8 Å². The molecule has 0 spiro atoms. The second-order valence-corrected chi connectivity index (χ2v) is 5.72. The van der Waals surface area contributed by atoms with Crippen LogP contribution in [-0.2, 0) is 9.47 Å². The lowest BCUT2D eigenvalue weighted by Gasteiger charge is -2.25. The van der Waals surface area contributed by atoms with E-state index < -0.39 is 11.8 Å². The molecule has 0 unspecified atom stereocenters. The van der Waals surface area contributed by atoms with Gasteiger partial charge in [0.25, 0.3) is 5.56 Å². The van der Waals surface area contributed by atoms with Crippen LogP contribution in [0.4, 0.5) is 0 Å². The van der Waals surface area contributed by atoms with E-state index >= 15 is 0 Å². The molecule has 0 amide bonds. The molecule has 1 aromatic heterocycles. The number of aromatic amines is 1. The molecule has 1 aromatic carbocycles. The number of hydrogen-bond acceptors (Lipinski definition) is 6. The number of hydrogen-bond donors (Lipinski definition) is 1. The maximum Gasteiger partial charge on any atom is 0.270 e. The molecule has 1 aliphatic heterocycles. The molecule has 0 radical (unpaired) electrons. The van der Waals surface area contributed by atoms with Gasteiger partial charge in [-0.2, -0.15) is 5.26 Å². The fourth-order valence-electron chi connectivity index (χ4n) is 2.43. The van der Waals surface area contributed by atoms with Crippen LogP contribution < -0.4 is 5.56 Å². The van der Waals surface area contributed by atoms with Crippen molar-refractivity contribution in [3.8, 4) is 17.3 Å². The monoisotopic (exact) mass is 329 g/mol. The Kier molecular flexibility index (Phi) is 4.76. The summed E-state index contributed by atoms with van der Waals surface area (Å²) in [6.45, 7) is 1.23. The Morgan fingerprint density at radius 2 is 2.09 bits per heavy atom. The number of nitrogens with one attached hydrogen (secondary N) is 1. The van der Waals surface area contributed by atoms with Crippen molar-refractivity contribution < 1.29 is 9.47 Å². The molecule has 23 heavy (non-hydrogen) atoms. The van der Waals surface area contributed by atoms with Gasteiger partial charge in [0.1, 0.15) is 11.6 Å². The molecule has 7 heteroatoms. The van der Waals surface area contributed by atoms with Crippen LogP contribution in [0.25, 0.3) is 11.3 Å². The summed E-state index contributed by atoms with van der Waals surface area (Å²) in [5.41, 5.74) is 1.35. The molecule has 3 rings (SSSR count). The zero-order valence-corrected chi connectivity index (χ0v) is 13.4. The fourth-order valence-corrected chi connectivity index (χ4v) is 2.81. The summed E-state index contributed by atoms with van der Waals surface area (Å²) in [4.78, 5) is 19.1. The zero-order chi connectivity index (χ0) is 16.2. The van der Waals surface area contributed by atoms with E-state index in [-0.39, 0.29) is 5.56 Å². The van der Waals surface area contributed by atoms with Gasteiger partial charge in [-0.1, -0.05) is 36.0 Å². The molecular weight excluding hydrogens is 314 g/mol. The van der Waals surface area contributed by atoms with E-state index in [0.29, 0.717) is 29.6 Å². The molecule has 118 valence electrons. The van der Waals surface area contributed by atoms with E-state index in [1.165, 1.54) is 11.8 Å². The molecule has 1 N–H and O–H groups in total. The summed E-state index contributed by atoms with van der Waals surface area (Å²) in [6, 6.07) is 9.35. The third-order valence-corrected chi connectivity index (χ3v) is 4.08. The SMILES string of the molecule is CSc1nc(-c2ccccc2C2OCCCO2)c(C#N)c(=O)[nH]1. The van der Waals surface area contributed by atoms with Crippen molar-refractivity contribution in [2.24, 2.45) is 0 Å². The molecule has 1 aliphatic rings. The summed E-state index contributed by atoms with van der Waals surface area (Å²) in [5, 5.41) is 9.81. The van der Waals surface area contributed by atoms with Crippen molar-refractivity contribution in [3.63, 3.8) is 0 Å². The minimum absolute atomic E-state index is 0.00828. The van der Waals surface area contributed by atoms with Crippen LogP contribution >= 0.6 is 11.8 Å². The van der Waals surface area contributed by atoms with Gasteiger partial charge >= 0.3 is 0 Å². The van der Waals surface area contributed by atoms with Gasteiger partial charge in [0.05, 0.1) is 18.9 Å². The molecule has 0 aliphatic carbocycles. The van der Waals surface area contributed by atoms with Crippen LogP contribution in [0.3, 0.4) is 0 Å². The molecular formula is C16H15N3O3S. The summed E-state index contributed by atoms with van der Waals surface area (Å²) in [7, 11) is 0. The molecule has 2 heterocycles. The van der Waals surface area contributed by atoms with Crippen molar-refractivity contribution in [2.75, 3.05) is 19.5 Å². The van der Waals surface area contributed by atoms with Crippen molar-refractivity contribution in [3.05, 3.63) is 45.7 Å². The standard InChI is InChI=1S/C16H15N3O3S/c1-23-16-18-13(12(9-17)14(20)19-16)10-5-2-3-6-11(10)15-21-7-4-8-22-15/h2-3,5-6,15H,4,7-8H2,1H3,(H,18,19,20). The summed E-state index contributed by atoms with van der Waals surface area (Å²) in [5.74, 6) is 0. The van der Waals surface area contributed by atoms with Gasteiger partial charge in [0.15, 0.2) is 11.4 Å². The zero-order valence-electron chi connectivity index (χ0n) is 12.5.